The Balaban J connectivity index is 1.38. The number of halogens is 1. The number of ether oxygens (including phenoxy) is 1. The number of nitrogens with two attached hydrogens (primary N) is 1. The minimum Gasteiger partial charge on any atom is -0.378 e. The van der Waals surface area contributed by atoms with E-state index >= 15 is 0 Å². The number of morpholine rings is 1. The second-order valence-electron chi connectivity index (χ2n) is 7.27. The number of thiazole rings is 1. The predicted molar refractivity (Wildman–Crippen MR) is 126 cm³/mol. The quantitative estimate of drug-likeness (QED) is 0.462. The molecular formula is C23H21FN6OS. The van der Waals surface area contributed by atoms with E-state index in [2.05, 4.69) is 37.3 Å². The molecule has 0 radical (unpaired) electrons. The van der Waals surface area contributed by atoms with E-state index in [4.69, 9.17) is 10.5 Å². The lowest BCUT2D eigenvalue weighted by molar-refractivity contribution is 0.122. The van der Waals surface area contributed by atoms with Gasteiger partial charge in [-0.05, 0) is 54.6 Å². The van der Waals surface area contributed by atoms with Crippen LogP contribution in [-0.4, -0.2) is 41.3 Å². The molecule has 0 amide bonds. The van der Waals surface area contributed by atoms with Gasteiger partial charge in [0.1, 0.15) is 5.82 Å². The molecule has 5 rings (SSSR count). The molecule has 2 aromatic carbocycles. The van der Waals surface area contributed by atoms with Gasteiger partial charge >= 0.3 is 0 Å². The molecule has 7 nitrogen and oxygen atoms in total. The van der Waals surface area contributed by atoms with Gasteiger partial charge in [0, 0.05) is 36.2 Å². The molecule has 162 valence electrons. The topological polar surface area (TPSA) is 89.2 Å². The van der Waals surface area contributed by atoms with Crippen molar-refractivity contribution in [2.75, 3.05) is 42.3 Å². The summed E-state index contributed by atoms with van der Waals surface area (Å²) >= 11 is 1.34. The van der Waals surface area contributed by atoms with Crippen LogP contribution in [0.3, 0.4) is 0 Å². The van der Waals surface area contributed by atoms with Crippen LogP contribution in [0, 0.1) is 5.82 Å². The summed E-state index contributed by atoms with van der Waals surface area (Å²) in [6.07, 6.45) is 1.69. The molecule has 4 aromatic rings. The molecule has 0 aliphatic carbocycles. The smallest absolute Gasteiger partial charge is 0.227 e. The van der Waals surface area contributed by atoms with Crippen molar-refractivity contribution in [2.24, 2.45) is 0 Å². The largest absolute Gasteiger partial charge is 0.378 e. The minimum absolute atomic E-state index is 0.299. The van der Waals surface area contributed by atoms with Gasteiger partial charge in [-0.1, -0.05) is 11.3 Å². The molecule has 0 bridgehead atoms. The molecule has 0 saturated carbocycles. The Morgan fingerprint density at radius 2 is 1.72 bits per heavy atom. The molecule has 1 aliphatic rings. The Bertz CT molecular complexity index is 1210. The van der Waals surface area contributed by atoms with Gasteiger partial charge in [-0.3, -0.25) is 0 Å². The van der Waals surface area contributed by atoms with Gasteiger partial charge in [-0.15, -0.1) is 0 Å². The van der Waals surface area contributed by atoms with Crippen molar-refractivity contribution < 1.29 is 9.13 Å². The van der Waals surface area contributed by atoms with E-state index in [1.165, 1.54) is 23.5 Å². The molecule has 1 aliphatic heterocycles. The maximum Gasteiger partial charge on any atom is 0.227 e. The molecule has 9 heteroatoms. The van der Waals surface area contributed by atoms with Crippen LogP contribution in [0.25, 0.3) is 21.8 Å². The Kier molecular flexibility index (Phi) is 5.66. The summed E-state index contributed by atoms with van der Waals surface area (Å²) in [5.41, 5.74) is 10.2. The number of anilines is 4. The summed E-state index contributed by atoms with van der Waals surface area (Å²) in [7, 11) is 0. The lowest BCUT2D eigenvalue weighted by Crippen LogP contribution is -2.36. The van der Waals surface area contributed by atoms with Crippen LogP contribution < -0.4 is 16.0 Å². The van der Waals surface area contributed by atoms with Crippen LogP contribution in [0.4, 0.5) is 26.8 Å². The monoisotopic (exact) mass is 448 g/mol. The summed E-state index contributed by atoms with van der Waals surface area (Å²) in [4.78, 5) is 16.5. The summed E-state index contributed by atoms with van der Waals surface area (Å²) in [5, 5.41) is 3.68. The molecule has 3 N–H and O–H groups in total. The van der Waals surface area contributed by atoms with Gasteiger partial charge in [0.2, 0.25) is 5.95 Å². The second kappa shape index (κ2) is 8.89. The van der Waals surface area contributed by atoms with Gasteiger partial charge in [0.25, 0.3) is 0 Å². The molecule has 1 saturated heterocycles. The molecule has 0 unspecified atom stereocenters. The van der Waals surface area contributed by atoms with E-state index in [-0.39, 0.29) is 5.82 Å². The fourth-order valence-corrected chi connectivity index (χ4v) is 4.39. The van der Waals surface area contributed by atoms with Crippen molar-refractivity contribution >= 4 is 33.8 Å². The van der Waals surface area contributed by atoms with Gasteiger partial charge in [0.15, 0.2) is 5.13 Å². The molecular weight excluding hydrogens is 427 g/mol. The Hall–Kier alpha value is -3.56. The molecule has 32 heavy (non-hydrogen) atoms. The van der Waals surface area contributed by atoms with E-state index in [1.807, 2.05) is 18.2 Å². The first-order valence-corrected chi connectivity index (χ1v) is 11.0. The average Bonchev–Trinajstić information content (AvgIpc) is 3.22. The Morgan fingerprint density at radius 1 is 0.969 bits per heavy atom. The fraction of sp³-hybridized carbons (Fsp3) is 0.174. The number of benzene rings is 2. The Morgan fingerprint density at radius 3 is 2.47 bits per heavy atom. The van der Waals surface area contributed by atoms with E-state index in [9.17, 15) is 4.39 Å². The normalized spacial score (nSPS) is 13.8. The third kappa shape index (κ3) is 4.39. The van der Waals surface area contributed by atoms with E-state index in [0.717, 1.165) is 48.1 Å². The van der Waals surface area contributed by atoms with Gasteiger partial charge in [-0.25, -0.2) is 19.3 Å². The molecule has 0 spiro atoms. The highest BCUT2D eigenvalue weighted by Gasteiger charge is 2.16. The summed E-state index contributed by atoms with van der Waals surface area (Å²) in [6, 6.07) is 16.2. The highest BCUT2D eigenvalue weighted by Crippen LogP contribution is 2.37. The highest BCUT2D eigenvalue weighted by molar-refractivity contribution is 7.19. The van der Waals surface area contributed by atoms with Crippen molar-refractivity contribution in [1.29, 1.82) is 0 Å². The maximum absolute atomic E-state index is 13.3. The standard InChI is InChI=1S/C23H21FN6OS/c24-16-3-1-15(2-4-16)20-21(32-22(25)29-20)19-9-10-26-23(28-19)27-17-5-7-18(8-6-17)30-11-13-31-14-12-30/h1-10H,11-14H2,(H2,25,29)(H,26,27,28). The van der Waals surface area contributed by atoms with Crippen molar-refractivity contribution in [3.63, 3.8) is 0 Å². The number of aromatic nitrogens is 3. The number of rotatable bonds is 5. The third-order valence-corrected chi connectivity index (χ3v) is 6.06. The predicted octanol–water partition coefficient (Wildman–Crippen LogP) is 4.57. The second-order valence-corrected chi connectivity index (χ2v) is 8.30. The first kappa shape index (κ1) is 20.3. The van der Waals surface area contributed by atoms with E-state index in [0.29, 0.717) is 22.5 Å². The van der Waals surface area contributed by atoms with Crippen LogP contribution in [0.2, 0.25) is 0 Å². The third-order valence-electron chi connectivity index (χ3n) is 5.15. The lowest BCUT2D eigenvalue weighted by atomic mass is 10.1. The zero-order valence-corrected chi connectivity index (χ0v) is 18.0. The average molecular weight is 449 g/mol. The molecule has 3 heterocycles. The Labute approximate surface area is 188 Å². The van der Waals surface area contributed by atoms with E-state index in [1.54, 1.807) is 18.3 Å². The zero-order valence-electron chi connectivity index (χ0n) is 17.2. The van der Waals surface area contributed by atoms with Crippen LogP contribution >= 0.6 is 11.3 Å². The molecule has 2 aromatic heterocycles. The van der Waals surface area contributed by atoms with Crippen LogP contribution in [0.5, 0.6) is 0 Å². The molecule has 1 fully saturated rings. The number of nitrogens with one attached hydrogen (secondary N) is 1. The van der Waals surface area contributed by atoms with Gasteiger partial charge < -0.3 is 20.7 Å². The summed E-state index contributed by atoms with van der Waals surface area (Å²) < 4.78 is 18.8. The van der Waals surface area contributed by atoms with Crippen LogP contribution in [0.1, 0.15) is 0 Å². The SMILES string of the molecule is Nc1nc(-c2ccc(F)cc2)c(-c2ccnc(Nc3ccc(N4CCOCC4)cc3)n2)s1. The first-order valence-electron chi connectivity index (χ1n) is 10.2. The van der Waals surface area contributed by atoms with Crippen molar-refractivity contribution in [1.82, 2.24) is 15.0 Å². The lowest BCUT2D eigenvalue weighted by Gasteiger charge is -2.28. The summed E-state index contributed by atoms with van der Waals surface area (Å²) in [5.74, 6) is 0.172. The number of nitrogen functional groups attached to an aromatic ring is 1. The van der Waals surface area contributed by atoms with Crippen molar-refractivity contribution in [3.8, 4) is 21.8 Å². The number of hydrogen-bond acceptors (Lipinski definition) is 8. The highest BCUT2D eigenvalue weighted by atomic mass is 32.1. The number of hydrogen-bond donors (Lipinski definition) is 2. The summed E-state index contributed by atoms with van der Waals surface area (Å²) in [6.45, 7) is 3.30. The zero-order chi connectivity index (χ0) is 21.9. The van der Waals surface area contributed by atoms with Gasteiger partial charge in [-0.2, -0.15) is 0 Å². The van der Waals surface area contributed by atoms with E-state index < -0.39 is 0 Å². The molecule has 0 atom stereocenters. The minimum atomic E-state index is -0.299. The van der Waals surface area contributed by atoms with Crippen molar-refractivity contribution in [3.05, 3.63) is 66.6 Å². The first-order chi connectivity index (χ1) is 15.7. The van der Waals surface area contributed by atoms with Crippen LogP contribution in [-0.2, 0) is 4.74 Å². The fourth-order valence-electron chi connectivity index (χ4n) is 3.57. The number of nitrogens with zero attached hydrogens (tertiary/aromatic N) is 4. The maximum atomic E-state index is 13.3. The van der Waals surface area contributed by atoms with Crippen molar-refractivity contribution in [2.45, 2.75) is 0 Å². The van der Waals surface area contributed by atoms with Gasteiger partial charge in [0.05, 0.1) is 29.5 Å². The van der Waals surface area contributed by atoms with Crippen LogP contribution in [0.15, 0.2) is 60.8 Å².